The summed E-state index contributed by atoms with van der Waals surface area (Å²) in [4.78, 5) is 16.2. The van der Waals surface area contributed by atoms with Crippen LogP contribution in [0, 0.1) is 18.3 Å². The van der Waals surface area contributed by atoms with E-state index in [-0.39, 0.29) is 5.57 Å². The summed E-state index contributed by atoms with van der Waals surface area (Å²) >= 11 is 6.03. The summed E-state index contributed by atoms with van der Waals surface area (Å²) in [5, 5.41) is 12.4. The molecule has 5 nitrogen and oxygen atoms in total. The molecule has 2 aromatic rings. The number of amides is 1. The van der Waals surface area contributed by atoms with Gasteiger partial charge in [0.15, 0.2) is 0 Å². The van der Waals surface area contributed by atoms with Crippen LogP contribution in [0.25, 0.3) is 6.08 Å². The van der Waals surface area contributed by atoms with Gasteiger partial charge in [0, 0.05) is 23.5 Å². The molecule has 116 valence electrons. The minimum Gasteiger partial charge on any atom is -0.495 e. The molecule has 6 heteroatoms. The van der Waals surface area contributed by atoms with Crippen molar-refractivity contribution in [1.29, 1.82) is 5.26 Å². The Morgan fingerprint density at radius 2 is 2.26 bits per heavy atom. The number of anilines is 1. The van der Waals surface area contributed by atoms with E-state index in [1.165, 1.54) is 13.2 Å². The Kier molecular flexibility index (Phi) is 5.34. The second-order valence-electron chi connectivity index (χ2n) is 4.71. The number of carbonyl (C=O) groups excluding carboxylic acids is 1. The van der Waals surface area contributed by atoms with Gasteiger partial charge in [-0.25, -0.2) is 0 Å². The second-order valence-corrected chi connectivity index (χ2v) is 5.12. The Labute approximate surface area is 139 Å². The summed E-state index contributed by atoms with van der Waals surface area (Å²) in [5.41, 5.74) is 1.87. The van der Waals surface area contributed by atoms with E-state index in [0.29, 0.717) is 22.0 Å². The van der Waals surface area contributed by atoms with Gasteiger partial charge in [0.1, 0.15) is 17.4 Å². The second kappa shape index (κ2) is 7.43. The minimum atomic E-state index is -0.531. The van der Waals surface area contributed by atoms with Crippen LogP contribution < -0.4 is 10.1 Å². The lowest BCUT2D eigenvalue weighted by Crippen LogP contribution is -2.14. The van der Waals surface area contributed by atoms with Crippen LogP contribution >= 0.6 is 11.6 Å². The predicted octanol–water partition coefficient (Wildman–Crippen LogP) is 3.60. The zero-order chi connectivity index (χ0) is 16.8. The van der Waals surface area contributed by atoms with E-state index >= 15 is 0 Å². The van der Waals surface area contributed by atoms with Gasteiger partial charge in [0.2, 0.25) is 0 Å². The number of aromatic nitrogens is 1. The Morgan fingerprint density at radius 1 is 1.48 bits per heavy atom. The van der Waals surface area contributed by atoms with Crippen molar-refractivity contribution in [2.75, 3.05) is 12.4 Å². The van der Waals surface area contributed by atoms with Crippen molar-refractivity contribution >= 4 is 29.3 Å². The third-order valence-corrected chi connectivity index (χ3v) is 3.50. The summed E-state index contributed by atoms with van der Waals surface area (Å²) < 4.78 is 5.20. The SMILES string of the molecule is COc1cc(Cl)c(C)cc1NC(=O)/C(C#N)=C/c1cccnc1. The highest BCUT2D eigenvalue weighted by molar-refractivity contribution is 6.31. The summed E-state index contributed by atoms with van der Waals surface area (Å²) in [7, 11) is 1.48. The van der Waals surface area contributed by atoms with Gasteiger partial charge in [-0.2, -0.15) is 5.26 Å². The highest BCUT2D eigenvalue weighted by atomic mass is 35.5. The summed E-state index contributed by atoms with van der Waals surface area (Å²) in [6, 6.07) is 8.68. The van der Waals surface area contributed by atoms with E-state index in [9.17, 15) is 10.1 Å². The lowest BCUT2D eigenvalue weighted by Gasteiger charge is -2.12. The first-order valence-corrected chi connectivity index (χ1v) is 7.10. The number of nitrogens with one attached hydrogen (secondary N) is 1. The summed E-state index contributed by atoms with van der Waals surface area (Å²) in [6.07, 6.45) is 4.65. The molecule has 0 aliphatic carbocycles. The van der Waals surface area contributed by atoms with Crippen LogP contribution in [-0.4, -0.2) is 18.0 Å². The largest absolute Gasteiger partial charge is 0.495 e. The smallest absolute Gasteiger partial charge is 0.266 e. The molecular weight excluding hydrogens is 314 g/mol. The molecule has 0 fully saturated rings. The van der Waals surface area contributed by atoms with Crippen molar-refractivity contribution in [3.8, 4) is 11.8 Å². The molecule has 0 aliphatic rings. The summed E-state index contributed by atoms with van der Waals surface area (Å²) in [6.45, 7) is 1.81. The average molecular weight is 328 g/mol. The Bertz CT molecular complexity index is 795. The van der Waals surface area contributed by atoms with Gasteiger partial charge in [-0.05, 0) is 36.3 Å². The highest BCUT2D eigenvalue weighted by Gasteiger charge is 2.14. The normalized spacial score (nSPS) is 10.8. The maximum atomic E-state index is 12.3. The van der Waals surface area contributed by atoms with Crippen LogP contribution in [0.2, 0.25) is 5.02 Å². The number of benzene rings is 1. The number of halogens is 1. The van der Waals surface area contributed by atoms with Crippen LogP contribution in [0.3, 0.4) is 0 Å². The van der Waals surface area contributed by atoms with Crippen LogP contribution in [0.4, 0.5) is 5.69 Å². The van der Waals surface area contributed by atoms with Crippen molar-refractivity contribution in [3.63, 3.8) is 0 Å². The molecular formula is C17H14ClN3O2. The number of nitrogens with zero attached hydrogens (tertiary/aromatic N) is 2. The molecule has 0 saturated heterocycles. The minimum absolute atomic E-state index is 0.0346. The van der Waals surface area contributed by atoms with Gasteiger partial charge < -0.3 is 10.1 Å². The molecule has 0 aliphatic heterocycles. The number of ether oxygens (including phenoxy) is 1. The average Bonchev–Trinajstić information content (AvgIpc) is 2.56. The fourth-order valence-corrected chi connectivity index (χ4v) is 2.05. The predicted molar refractivity (Wildman–Crippen MR) is 89.2 cm³/mol. The number of hydrogen-bond donors (Lipinski definition) is 1. The van der Waals surface area contributed by atoms with Crippen LogP contribution in [0.5, 0.6) is 5.75 Å². The highest BCUT2D eigenvalue weighted by Crippen LogP contribution is 2.31. The molecule has 1 aromatic heterocycles. The maximum absolute atomic E-state index is 12.3. The number of pyridine rings is 1. The lowest BCUT2D eigenvalue weighted by molar-refractivity contribution is -0.112. The van der Waals surface area contributed by atoms with E-state index in [1.54, 1.807) is 36.7 Å². The number of aryl methyl sites for hydroxylation is 1. The van der Waals surface area contributed by atoms with Crippen LogP contribution in [0.15, 0.2) is 42.2 Å². The number of carbonyl (C=O) groups is 1. The molecule has 1 aromatic carbocycles. The quantitative estimate of drug-likeness (QED) is 0.687. The third kappa shape index (κ3) is 4.09. The third-order valence-electron chi connectivity index (χ3n) is 3.09. The molecule has 1 amide bonds. The van der Waals surface area contributed by atoms with Crippen molar-refractivity contribution in [2.45, 2.75) is 6.92 Å². The molecule has 23 heavy (non-hydrogen) atoms. The molecule has 0 saturated carbocycles. The number of hydrogen-bond acceptors (Lipinski definition) is 4. The Hall–Kier alpha value is -2.84. The lowest BCUT2D eigenvalue weighted by atomic mass is 10.1. The molecule has 0 radical (unpaired) electrons. The Morgan fingerprint density at radius 3 is 2.87 bits per heavy atom. The molecule has 1 N–H and O–H groups in total. The van der Waals surface area contributed by atoms with Gasteiger partial charge >= 0.3 is 0 Å². The van der Waals surface area contributed by atoms with Gasteiger partial charge in [-0.3, -0.25) is 9.78 Å². The van der Waals surface area contributed by atoms with E-state index < -0.39 is 5.91 Å². The molecule has 0 spiro atoms. The number of rotatable bonds is 4. The monoisotopic (exact) mass is 327 g/mol. The molecule has 1 heterocycles. The zero-order valence-corrected chi connectivity index (χ0v) is 13.4. The van der Waals surface area contributed by atoms with Crippen molar-refractivity contribution in [2.24, 2.45) is 0 Å². The van der Waals surface area contributed by atoms with E-state index in [4.69, 9.17) is 16.3 Å². The fraction of sp³-hybridized carbons (Fsp3) is 0.118. The first-order valence-electron chi connectivity index (χ1n) is 6.72. The summed E-state index contributed by atoms with van der Waals surface area (Å²) in [5.74, 6) is -0.107. The molecule has 0 bridgehead atoms. The van der Waals surface area contributed by atoms with E-state index in [0.717, 1.165) is 5.56 Å². The fourth-order valence-electron chi connectivity index (χ4n) is 1.90. The van der Waals surface area contributed by atoms with E-state index in [2.05, 4.69) is 10.3 Å². The first kappa shape index (κ1) is 16.5. The van der Waals surface area contributed by atoms with Crippen LogP contribution in [-0.2, 0) is 4.79 Å². The molecule has 0 unspecified atom stereocenters. The van der Waals surface area contributed by atoms with Crippen LogP contribution in [0.1, 0.15) is 11.1 Å². The molecule has 2 rings (SSSR count). The van der Waals surface area contributed by atoms with E-state index in [1.807, 2.05) is 13.0 Å². The number of methoxy groups -OCH3 is 1. The Balaban J connectivity index is 2.29. The van der Waals surface area contributed by atoms with Gasteiger partial charge in [0.25, 0.3) is 5.91 Å². The van der Waals surface area contributed by atoms with Crippen molar-refractivity contribution < 1.29 is 9.53 Å². The number of nitriles is 1. The van der Waals surface area contributed by atoms with Crippen molar-refractivity contribution in [3.05, 3.63) is 58.4 Å². The van der Waals surface area contributed by atoms with Gasteiger partial charge in [0.05, 0.1) is 12.8 Å². The van der Waals surface area contributed by atoms with Gasteiger partial charge in [-0.15, -0.1) is 0 Å². The van der Waals surface area contributed by atoms with Gasteiger partial charge in [-0.1, -0.05) is 17.7 Å². The molecule has 0 atom stereocenters. The first-order chi connectivity index (χ1) is 11.0. The maximum Gasteiger partial charge on any atom is 0.266 e. The standard InChI is InChI=1S/C17H14ClN3O2/c1-11-6-15(16(23-2)8-14(11)18)21-17(22)13(9-19)7-12-4-3-5-20-10-12/h3-8,10H,1-2H3,(H,21,22)/b13-7+. The zero-order valence-electron chi connectivity index (χ0n) is 12.6. The topological polar surface area (TPSA) is 75.0 Å². The van der Waals surface area contributed by atoms with Crippen molar-refractivity contribution in [1.82, 2.24) is 4.98 Å².